The summed E-state index contributed by atoms with van der Waals surface area (Å²) in [5, 5.41) is 2.81. The normalized spacial score (nSPS) is 10.6. The molecule has 6 heteroatoms. The average molecular weight is 433 g/mol. The molecule has 1 N–H and O–H groups in total. The van der Waals surface area contributed by atoms with Crippen molar-refractivity contribution in [3.63, 3.8) is 0 Å². The van der Waals surface area contributed by atoms with Gasteiger partial charge in [0.05, 0.1) is 12.1 Å². The van der Waals surface area contributed by atoms with Crippen LogP contribution in [0.4, 0.5) is 0 Å². The Morgan fingerprint density at radius 1 is 1.15 bits per heavy atom. The molecule has 0 unspecified atom stereocenters. The lowest BCUT2D eigenvalue weighted by Gasteiger charge is -2.22. The predicted molar refractivity (Wildman–Crippen MR) is 110 cm³/mol. The van der Waals surface area contributed by atoms with Crippen molar-refractivity contribution in [1.82, 2.24) is 10.2 Å². The fourth-order valence-electron chi connectivity index (χ4n) is 2.60. The van der Waals surface area contributed by atoms with Crippen molar-refractivity contribution in [2.75, 3.05) is 13.1 Å². The molecule has 144 valence electrons. The third kappa shape index (κ3) is 6.40. The zero-order chi connectivity index (χ0) is 19.8. The Morgan fingerprint density at radius 3 is 2.56 bits per heavy atom. The van der Waals surface area contributed by atoms with E-state index < -0.39 is 0 Å². The highest BCUT2D eigenvalue weighted by Crippen LogP contribution is 2.22. The van der Waals surface area contributed by atoms with Crippen molar-refractivity contribution in [2.24, 2.45) is 0 Å². The van der Waals surface area contributed by atoms with E-state index in [2.05, 4.69) is 21.2 Å². The number of halogens is 1. The van der Waals surface area contributed by atoms with Gasteiger partial charge in [-0.05, 0) is 50.6 Å². The summed E-state index contributed by atoms with van der Waals surface area (Å²) in [5.41, 5.74) is 1.45. The van der Waals surface area contributed by atoms with E-state index in [4.69, 9.17) is 4.74 Å². The van der Waals surface area contributed by atoms with Crippen LogP contribution in [-0.4, -0.2) is 35.8 Å². The zero-order valence-corrected chi connectivity index (χ0v) is 17.5. The van der Waals surface area contributed by atoms with Gasteiger partial charge < -0.3 is 15.0 Å². The Balaban J connectivity index is 2.12. The molecule has 0 saturated heterocycles. The molecule has 0 heterocycles. The molecule has 0 atom stereocenters. The number of carbonyl (C=O) groups is 2. The number of hydrogen-bond acceptors (Lipinski definition) is 3. The highest BCUT2D eigenvalue weighted by atomic mass is 79.9. The van der Waals surface area contributed by atoms with E-state index >= 15 is 0 Å². The summed E-state index contributed by atoms with van der Waals surface area (Å²) >= 11 is 3.44. The van der Waals surface area contributed by atoms with Gasteiger partial charge in [0.15, 0.2) is 0 Å². The summed E-state index contributed by atoms with van der Waals surface area (Å²) in [5.74, 6) is 0.110. The minimum atomic E-state index is -0.221. The number of nitrogens with one attached hydrogen (secondary N) is 1. The second-order valence-electron chi connectivity index (χ2n) is 6.46. The van der Waals surface area contributed by atoms with Crippen molar-refractivity contribution < 1.29 is 14.3 Å². The van der Waals surface area contributed by atoms with Gasteiger partial charge in [0.2, 0.25) is 5.91 Å². The molecule has 2 amide bonds. The van der Waals surface area contributed by atoms with E-state index in [9.17, 15) is 9.59 Å². The maximum Gasteiger partial charge on any atom is 0.258 e. The van der Waals surface area contributed by atoms with Crippen LogP contribution < -0.4 is 10.1 Å². The molecule has 0 spiro atoms. The first-order valence-electron chi connectivity index (χ1n) is 8.95. The zero-order valence-electron chi connectivity index (χ0n) is 15.9. The second kappa shape index (κ2) is 10.1. The summed E-state index contributed by atoms with van der Waals surface area (Å²) in [6, 6.07) is 15.0. The number of likely N-dealkylation sites (N-methyl/N-ethyl adjacent to an activating group) is 1. The Hall–Kier alpha value is -2.34. The molecule has 2 aromatic rings. The van der Waals surface area contributed by atoms with Crippen LogP contribution in [0.15, 0.2) is 53.0 Å². The molecular formula is C21H25BrN2O3. The van der Waals surface area contributed by atoms with E-state index in [1.54, 1.807) is 18.2 Å². The molecule has 0 bridgehead atoms. The lowest BCUT2D eigenvalue weighted by atomic mass is 10.1. The van der Waals surface area contributed by atoms with E-state index in [1.165, 1.54) is 4.90 Å². The van der Waals surface area contributed by atoms with Crippen molar-refractivity contribution in [1.29, 1.82) is 0 Å². The maximum absolute atomic E-state index is 12.9. The summed E-state index contributed by atoms with van der Waals surface area (Å²) in [7, 11) is 0. The Labute approximate surface area is 168 Å². The van der Waals surface area contributed by atoms with Gasteiger partial charge in [0.25, 0.3) is 5.91 Å². The SMILES string of the molecule is CCN(CC(=O)NC(C)C)C(=O)c1ccccc1OCc1cccc(Br)c1. The summed E-state index contributed by atoms with van der Waals surface area (Å²) < 4.78 is 6.87. The van der Waals surface area contributed by atoms with Crippen LogP contribution >= 0.6 is 15.9 Å². The van der Waals surface area contributed by atoms with Gasteiger partial charge in [-0.3, -0.25) is 9.59 Å². The van der Waals surface area contributed by atoms with Gasteiger partial charge in [-0.25, -0.2) is 0 Å². The predicted octanol–water partition coefficient (Wildman–Crippen LogP) is 4.01. The average Bonchev–Trinajstić information content (AvgIpc) is 2.63. The van der Waals surface area contributed by atoms with Gasteiger partial charge >= 0.3 is 0 Å². The standard InChI is InChI=1S/C21H25BrN2O3/c1-4-24(13-20(25)23-15(2)3)21(26)18-10-5-6-11-19(18)27-14-16-8-7-9-17(22)12-16/h5-12,15H,4,13-14H2,1-3H3,(H,23,25). The maximum atomic E-state index is 12.9. The molecule has 27 heavy (non-hydrogen) atoms. The Morgan fingerprint density at radius 2 is 1.89 bits per heavy atom. The molecule has 0 radical (unpaired) electrons. The van der Waals surface area contributed by atoms with Gasteiger partial charge in [-0.2, -0.15) is 0 Å². The number of benzene rings is 2. The molecule has 0 saturated carbocycles. The van der Waals surface area contributed by atoms with E-state index in [0.717, 1.165) is 10.0 Å². The molecule has 2 aromatic carbocycles. The highest BCUT2D eigenvalue weighted by Gasteiger charge is 2.21. The van der Waals surface area contributed by atoms with Crippen molar-refractivity contribution >= 4 is 27.7 Å². The summed E-state index contributed by atoms with van der Waals surface area (Å²) in [6.07, 6.45) is 0. The number of hydrogen-bond donors (Lipinski definition) is 1. The topological polar surface area (TPSA) is 58.6 Å². The fourth-order valence-corrected chi connectivity index (χ4v) is 3.04. The number of ether oxygens (including phenoxy) is 1. The number of rotatable bonds is 8. The van der Waals surface area contributed by atoms with Crippen LogP contribution in [0.2, 0.25) is 0 Å². The quantitative estimate of drug-likeness (QED) is 0.685. The first-order valence-corrected chi connectivity index (χ1v) is 9.75. The van der Waals surface area contributed by atoms with Gasteiger partial charge in [-0.15, -0.1) is 0 Å². The lowest BCUT2D eigenvalue weighted by Crippen LogP contribution is -2.42. The smallest absolute Gasteiger partial charge is 0.258 e. The van der Waals surface area contributed by atoms with Crippen molar-refractivity contribution in [3.8, 4) is 5.75 Å². The van der Waals surface area contributed by atoms with E-state index in [1.807, 2.05) is 51.1 Å². The van der Waals surface area contributed by atoms with Gasteiger partial charge in [0.1, 0.15) is 12.4 Å². The fraction of sp³-hybridized carbons (Fsp3) is 0.333. The van der Waals surface area contributed by atoms with Crippen molar-refractivity contribution in [2.45, 2.75) is 33.4 Å². The molecule has 0 aliphatic rings. The molecular weight excluding hydrogens is 408 g/mol. The van der Waals surface area contributed by atoms with Crippen LogP contribution in [0, 0.1) is 0 Å². The molecule has 0 aliphatic carbocycles. The first kappa shape index (κ1) is 21.0. The minimum Gasteiger partial charge on any atom is -0.488 e. The Kier molecular flexibility index (Phi) is 7.85. The van der Waals surface area contributed by atoms with Gasteiger partial charge in [0, 0.05) is 17.1 Å². The number of amides is 2. The largest absolute Gasteiger partial charge is 0.488 e. The third-order valence-corrected chi connectivity index (χ3v) is 4.35. The number of para-hydroxylation sites is 1. The molecule has 5 nitrogen and oxygen atoms in total. The first-order chi connectivity index (χ1) is 12.9. The summed E-state index contributed by atoms with van der Waals surface area (Å²) in [6.45, 7) is 6.44. The van der Waals surface area contributed by atoms with E-state index in [-0.39, 0.29) is 24.4 Å². The minimum absolute atomic E-state index is 0.0213. The number of nitrogens with zero attached hydrogens (tertiary/aromatic N) is 1. The van der Waals surface area contributed by atoms with Gasteiger partial charge in [-0.1, -0.05) is 40.2 Å². The van der Waals surface area contributed by atoms with E-state index in [0.29, 0.717) is 24.5 Å². The summed E-state index contributed by atoms with van der Waals surface area (Å²) in [4.78, 5) is 26.5. The van der Waals surface area contributed by atoms with Crippen molar-refractivity contribution in [3.05, 3.63) is 64.1 Å². The highest BCUT2D eigenvalue weighted by molar-refractivity contribution is 9.10. The molecule has 0 fully saturated rings. The Bertz CT molecular complexity index is 793. The van der Waals surface area contributed by atoms with Crippen LogP contribution in [-0.2, 0) is 11.4 Å². The van der Waals surface area contributed by atoms with Crippen LogP contribution in [0.25, 0.3) is 0 Å². The molecule has 2 rings (SSSR count). The van der Waals surface area contributed by atoms with Crippen LogP contribution in [0.5, 0.6) is 5.75 Å². The third-order valence-electron chi connectivity index (χ3n) is 3.85. The molecule has 0 aliphatic heterocycles. The van der Waals surface area contributed by atoms with Crippen LogP contribution in [0.1, 0.15) is 36.7 Å². The number of carbonyl (C=O) groups excluding carboxylic acids is 2. The lowest BCUT2D eigenvalue weighted by molar-refractivity contribution is -0.122. The molecule has 0 aromatic heterocycles. The second-order valence-corrected chi connectivity index (χ2v) is 7.37. The van der Waals surface area contributed by atoms with Crippen LogP contribution in [0.3, 0.4) is 0 Å². The monoisotopic (exact) mass is 432 g/mol.